The predicted octanol–water partition coefficient (Wildman–Crippen LogP) is 0.898. The van der Waals surface area contributed by atoms with E-state index in [1.807, 2.05) is 0 Å². The van der Waals surface area contributed by atoms with Gasteiger partial charge in [-0.05, 0) is 25.9 Å². The van der Waals surface area contributed by atoms with Crippen LogP contribution in [0.3, 0.4) is 0 Å². The fourth-order valence-electron chi connectivity index (χ4n) is 1.64. The van der Waals surface area contributed by atoms with E-state index < -0.39 is 0 Å². The molecule has 0 aromatic heterocycles. The first kappa shape index (κ1) is 11.5. The minimum atomic E-state index is 0. The van der Waals surface area contributed by atoms with Crippen molar-refractivity contribution in [1.82, 2.24) is 10.2 Å². The van der Waals surface area contributed by atoms with E-state index >= 15 is 0 Å². The maximum absolute atomic E-state index is 3.30. The van der Waals surface area contributed by atoms with Crippen LogP contribution in [0.2, 0.25) is 0 Å². The molecular formula is C7H16Cl2N2. The Morgan fingerprint density at radius 3 is 1.91 bits per heavy atom. The van der Waals surface area contributed by atoms with Crippen molar-refractivity contribution in [3.8, 4) is 0 Å². The van der Waals surface area contributed by atoms with Gasteiger partial charge in [0, 0.05) is 19.1 Å². The van der Waals surface area contributed by atoms with Crippen molar-refractivity contribution >= 4 is 24.8 Å². The van der Waals surface area contributed by atoms with E-state index in [0.717, 1.165) is 6.04 Å². The molecule has 0 amide bonds. The average Bonchev–Trinajstić information content (AvgIpc) is 2.11. The van der Waals surface area contributed by atoms with Crippen molar-refractivity contribution in [3.05, 3.63) is 0 Å². The molecule has 2 aliphatic heterocycles. The molecule has 0 atom stereocenters. The first-order chi connectivity index (χ1) is 4.47. The van der Waals surface area contributed by atoms with Gasteiger partial charge >= 0.3 is 0 Å². The number of likely N-dealkylation sites (tertiary alicyclic amines) is 1. The first-order valence-corrected chi connectivity index (χ1v) is 3.91. The second-order valence-electron chi connectivity index (χ2n) is 3.06. The van der Waals surface area contributed by atoms with Crippen LogP contribution >= 0.6 is 24.8 Å². The smallest absolute Gasteiger partial charge is 0.0345 e. The van der Waals surface area contributed by atoms with Crippen LogP contribution in [0, 0.1) is 0 Å². The largest absolute Gasteiger partial charge is 0.314 e. The maximum atomic E-state index is 3.30. The highest BCUT2D eigenvalue weighted by Gasteiger charge is 2.25. The summed E-state index contributed by atoms with van der Waals surface area (Å²) >= 11 is 0. The van der Waals surface area contributed by atoms with Gasteiger partial charge in [0.25, 0.3) is 0 Å². The van der Waals surface area contributed by atoms with Crippen LogP contribution in [0.1, 0.15) is 12.8 Å². The van der Waals surface area contributed by atoms with Crippen LogP contribution in [0.4, 0.5) is 0 Å². The summed E-state index contributed by atoms with van der Waals surface area (Å²) in [5.41, 5.74) is 0. The van der Waals surface area contributed by atoms with Gasteiger partial charge in [-0.15, -0.1) is 24.8 Å². The summed E-state index contributed by atoms with van der Waals surface area (Å²) in [6, 6.07) is 0.896. The van der Waals surface area contributed by atoms with Crippen LogP contribution in [0.5, 0.6) is 0 Å². The van der Waals surface area contributed by atoms with E-state index in [1.165, 1.54) is 39.0 Å². The van der Waals surface area contributed by atoms with Gasteiger partial charge in [-0.1, -0.05) is 0 Å². The molecule has 2 saturated heterocycles. The quantitative estimate of drug-likeness (QED) is 0.674. The Bertz CT molecular complexity index is 101. The van der Waals surface area contributed by atoms with Crippen molar-refractivity contribution in [2.45, 2.75) is 18.9 Å². The normalized spacial score (nSPS) is 25.1. The summed E-state index contributed by atoms with van der Waals surface area (Å²) in [7, 11) is 0. The van der Waals surface area contributed by atoms with Crippen molar-refractivity contribution in [1.29, 1.82) is 0 Å². The Hall–Kier alpha value is 0.500. The van der Waals surface area contributed by atoms with Gasteiger partial charge in [-0.3, -0.25) is 4.90 Å². The van der Waals surface area contributed by atoms with E-state index in [2.05, 4.69) is 10.2 Å². The van der Waals surface area contributed by atoms with Gasteiger partial charge in [-0.25, -0.2) is 0 Å². The highest BCUT2D eigenvalue weighted by atomic mass is 35.5. The zero-order chi connectivity index (χ0) is 6.10. The summed E-state index contributed by atoms with van der Waals surface area (Å²) in [4.78, 5) is 2.61. The fraction of sp³-hybridized carbons (Fsp3) is 1.00. The van der Waals surface area contributed by atoms with Crippen LogP contribution in [0.15, 0.2) is 0 Å². The second-order valence-corrected chi connectivity index (χ2v) is 3.06. The summed E-state index contributed by atoms with van der Waals surface area (Å²) in [6.45, 7) is 5.18. The molecule has 68 valence electrons. The molecule has 1 N–H and O–H groups in total. The number of nitrogens with one attached hydrogen (secondary N) is 1. The molecule has 2 heterocycles. The van der Waals surface area contributed by atoms with Crippen molar-refractivity contribution in [2.24, 2.45) is 0 Å². The lowest BCUT2D eigenvalue weighted by atomic mass is 10.1. The number of nitrogens with zero attached hydrogens (tertiary/aromatic N) is 1. The predicted molar refractivity (Wildman–Crippen MR) is 52.0 cm³/mol. The molecule has 2 rings (SSSR count). The van der Waals surface area contributed by atoms with Gasteiger partial charge in [0.15, 0.2) is 0 Å². The lowest BCUT2D eigenvalue weighted by Crippen LogP contribution is -2.56. The highest BCUT2D eigenvalue weighted by Crippen LogP contribution is 2.13. The summed E-state index contributed by atoms with van der Waals surface area (Å²) in [5, 5.41) is 3.30. The Labute approximate surface area is 80.5 Å². The molecule has 4 heteroatoms. The molecule has 0 saturated carbocycles. The van der Waals surface area contributed by atoms with E-state index in [0.29, 0.717) is 0 Å². The summed E-state index contributed by atoms with van der Waals surface area (Å²) in [6.07, 6.45) is 2.85. The van der Waals surface area contributed by atoms with E-state index in [9.17, 15) is 0 Å². The lowest BCUT2D eigenvalue weighted by Gasteiger charge is -2.35. The molecule has 2 nitrogen and oxygen atoms in total. The third-order valence-electron chi connectivity index (χ3n) is 2.42. The Kier molecular flexibility index (Phi) is 5.44. The molecule has 0 unspecified atom stereocenters. The molecular weight excluding hydrogens is 183 g/mol. The number of rotatable bonds is 1. The van der Waals surface area contributed by atoms with E-state index in [1.54, 1.807) is 0 Å². The molecule has 0 aromatic carbocycles. The molecule has 0 aromatic rings. The Morgan fingerprint density at radius 1 is 1.00 bits per heavy atom. The number of hydrogen-bond acceptors (Lipinski definition) is 2. The van der Waals surface area contributed by atoms with Crippen molar-refractivity contribution in [3.63, 3.8) is 0 Å². The fourth-order valence-corrected chi connectivity index (χ4v) is 1.64. The van der Waals surface area contributed by atoms with Crippen molar-refractivity contribution < 1.29 is 0 Å². The minimum Gasteiger partial charge on any atom is -0.314 e. The molecule has 0 spiro atoms. The van der Waals surface area contributed by atoms with Gasteiger partial charge < -0.3 is 5.32 Å². The maximum Gasteiger partial charge on any atom is 0.0345 e. The zero-order valence-electron chi connectivity index (χ0n) is 6.58. The molecule has 0 aliphatic carbocycles. The van der Waals surface area contributed by atoms with Gasteiger partial charge in [0.05, 0.1) is 0 Å². The summed E-state index contributed by atoms with van der Waals surface area (Å²) < 4.78 is 0. The minimum absolute atomic E-state index is 0. The molecule has 2 fully saturated rings. The van der Waals surface area contributed by atoms with E-state index in [4.69, 9.17) is 0 Å². The lowest BCUT2D eigenvalue weighted by molar-refractivity contribution is 0.180. The van der Waals surface area contributed by atoms with Gasteiger partial charge in [0.2, 0.25) is 0 Å². The Morgan fingerprint density at radius 2 is 1.55 bits per heavy atom. The Balaban J connectivity index is 0.000000500. The topological polar surface area (TPSA) is 15.3 Å². The molecule has 2 aliphatic rings. The third-order valence-corrected chi connectivity index (χ3v) is 2.42. The first-order valence-electron chi connectivity index (χ1n) is 3.91. The number of halogens is 2. The standard InChI is InChI=1S/C7H14N2.2ClH/c1-2-4-9(3-1)7-5-8-6-7;;/h7-8H,1-6H2;2*1H. The van der Waals surface area contributed by atoms with Crippen LogP contribution < -0.4 is 5.32 Å². The average molecular weight is 199 g/mol. The highest BCUT2D eigenvalue weighted by molar-refractivity contribution is 5.85. The SMILES string of the molecule is C1CCN(C2CNC2)C1.Cl.Cl. The van der Waals surface area contributed by atoms with Gasteiger partial charge in [0.1, 0.15) is 0 Å². The molecule has 0 bridgehead atoms. The van der Waals surface area contributed by atoms with Gasteiger partial charge in [-0.2, -0.15) is 0 Å². The van der Waals surface area contributed by atoms with Crippen LogP contribution in [0.25, 0.3) is 0 Å². The van der Waals surface area contributed by atoms with Crippen LogP contribution in [-0.4, -0.2) is 37.1 Å². The zero-order valence-corrected chi connectivity index (χ0v) is 8.22. The number of hydrogen-bond donors (Lipinski definition) is 1. The molecule has 0 radical (unpaired) electrons. The third kappa shape index (κ3) is 2.48. The van der Waals surface area contributed by atoms with E-state index in [-0.39, 0.29) is 24.8 Å². The second kappa shape index (κ2) is 5.20. The summed E-state index contributed by atoms with van der Waals surface area (Å²) in [5.74, 6) is 0. The van der Waals surface area contributed by atoms with Crippen LogP contribution in [-0.2, 0) is 0 Å². The van der Waals surface area contributed by atoms with Crippen molar-refractivity contribution in [2.75, 3.05) is 26.2 Å². The molecule has 11 heavy (non-hydrogen) atoms. The monoisotopic (exact) mass is 198 g/mol.